The maximum atomic E-state index is 10.8. The Labute approximate surface area is 213 Å². The molecule has 0 bridgehead atoms. The van der Waals surface area contributed by atoms with Crippen molar-refractivity contribution >= 4 is 11.8 Å². The molecular formula is C25H28N8O4. The number of nitrogens with zero attached hydrogens (tertiary/aromatic N) is 8. The molecule has 0 radical (unpaired) electrons. The minimum atomic E-state index is 0.0928. The molecule has 0 unspecified atom stereocenters. The fourth-order valence-corrected chi connectivity index (χ4v) is 4.23. The summed E-state index contributed by atoms with van der Waals surface area (Å²) in [7, 11) is 0. The first kappa shape index (κ1) is 25.6. The van der Waals surface area contributed by atoms with E-state index in [9.17, 15) is 10.4 Å². The molecular weight excluding hydrogens is 476 g/mol. The van der Waals surface area contributed by atoms with E-state index in [1.165, 1.54) is 11.1 Å². The summed E-state index contributed by atoms with van der Waals surface area (Å²) in [5.74, 6) is 0.186. The van der Waals surface area contributed by atoms with Gasteiger partial charge >= 0.3 is 11.8 Å². The number of hydrogen-bond acceptors (Lipinski definition) is 10. The minimum Gasteiger partial charge on any atom is -0.775 e. The Morgan fingerprint density at radius 3 is 1.43 bits per heavy atom. The van der Waals surface area contributed by atoms with Crippen molar-refractivity contribution in [3.05, 3.63) is 93.6 Å². The molecule has 2 aromatic heterocycles. The summed E-state index contributed by atoms with van der Waals surface area (Å²) < 4.78 is 13.9. The summed E-state index contributed by atoms with van der Waals surface area (Å²) in [5.41, 5.74) is 3.81. The highest BCUT2D eigenvalue weighted by Gasteiger charge is 2.28. The Morgan fingerprint density at radius 2 is 1.03 bits per heavy atom. The molecule has 12 nitrogen and oxygen atoms in total. The first-order valence-corrected chi connectivity index (χ1v) is 12.2. The SMILES string of the molecule is [O-]/N=N\c1on[n+](CCCc2ccccc2)c1CCCc1c(/N=N/[O-])on[n+]1CCCc1ccccc1. The zero-order chi connectivity index (χ0) is 25.7. The number of hydrogen-bond donors (Lipinski definition) is 0. The first-order valence-electron chi connectivity index (χ1n) is 12.2. The highest BCUT2D eigenvalue weighted by Crippen LogP contribution is 2.21. The molecule has 4 aromatic rings. The normalized spacial score (nSPS) is 11.7. The van der Waals surface area contributed by atoms with Crippen LogP contribution in [0.5, 0.6) is 0 Å². The van der Waals surface area contributed by atoms with Gasteiger partial charge in [0.15, 0.2) is 13.1 Å². The van der Waals surface area contributed by atoms with Gasteiger partial charge in [-0.3, -0.25) is 9.05 Å². The molecule has 0 aliphatic rings. The highest BCUT2D eigenvalue weighted by atomic mass is 16.5. The third-order valence-electron chi connectivity index (χ3n) is 6.02. The quantitative estimate of drug-likeness (QED) is 0.136. The Bertz CT molecular complexity index is 1190. The Hall–Kier alpha value is -4.48. The maximum Gasteiger partial charge on any atom is 0.342 e. The van der Waals surface area contributed by atoms with E-state index in [0.717, 1.165) is 25.7 Å². The fraction of sp³-hybridized carbons (Fsp3) is 0.360. The molecule has 12 heteroatoms. The van der Waals surface area contributed by atoms with Crippen molar-refractivity contribution in [1.82, 2.24) is 10.5 Å². The molecule has 2 aromatic carbocycles. The van der Waals surface area contributed by atoms with Gasteiger partial charge in [-0.25, -0.2) is 10.6 Å². The predicted octanol–water partition coefficient (Wildman–Crippen LogP) is 4.84. The molecule has 0 saturated heterocycles. The summed E-state index contributed by atoms with van der Waals surface area (Å²) >= 11 is 0. The molecule has 0 saturated carbocycles. The van der Waals surface area contributed by atoms with E-state index >= 15 is 0 Å². The van der Waals surface area contributed by atoms with E-state index in [1.54, 1.807) is 9.36 Å². The second kappa shape index (κ2) is 13.6. The van der Waals surface area contributed by atoms with Crippen molar-refractivity contribution in [3.63, 3.8) is 0 Å². The summed E-state index contributed by atoms with van der Waals surface area (Å²) in [5, 5.41) is 42.0. The van der Waals surface area contributed by atoms with Gasteiger partial charge in [0.25, 0.3) is 11.4 Å². The van der Waals surface area contributed by atoms with Crippen LogP contribution in [0.4, 0.5) is 11.8 Å². The summed E-state index contributed by atoms with van der Waals surface area (Å²) in [6.07, 6.45) is 5.06. The summed E-state index contributed by atoms with van der Waals surface area (Å²) in [4.78, 5) is 0. The second-order valence-electron chi connectivity index (χ2n) is 8.49. The van der Waals surface area contributed by atoms with Gasteiger partial charge in [-0.1, -0.05) is 60.7 Å². The third-order valence-corrected chi connectivity index (χ3v) is 6.02. The first-order chi connectivity index (χ1) is 18.3. The molecule has 0 amide bonds. The van der Waals surface area contributed by atoms with Crippen LogP contribution in [0.2, 0.25) is 0 Å². The number of aryl methyl sites for hydroxylation is 4. The van der Waals surface area contributed by atoms with Crippen LogP contribution >= 0.6 is 0 Å². The van der Waals surface area contributed by atoms with Crippen LogP contribution in [-0.2, 0) is 38.8 Å². The highest BCUT2D eigenvalue weighted by molar-refractivity contribution is 5.25. The molecule has 2 heterocycles. The molecule has 4 rings (SSSR count). The monoisotopic (exact) mass is 504 g/mol. The van der Waals surface area contributed by atoms with Crippen LogP contribution in [0.25, 0.3) is 0 Å². The Kier molecular flexibility index (Phi) is 9.39. The van der Waals surface area contributed by atoms with Crippen LogP contribution in [0.3, 0.4) is 0 Å². The average molecular weight is 505 g/mol. The van der Waals surface area contributed by atoms with Crippen molar-refractivity contribution in [2.45, 2.75) is 58.0 Å². The van der Waals surface area contributed by atoms with E-state index < -0.39 is 0 Å². The van der Waals surface area contributed by atoms with E-state index in [-0.39, 0.29) is 11.8 Å². The molecule has 192 valence electrons. The molecule has 0 aliphatic heterocycles. The lowest BCUT2D eigenvalue weighted by molar-refractivity contribution is -0.769. The number of aromatic nitrogens is 4. The standard InChI is InChI=1S/C25H28N8O4/c34-28-26-24-22(32(30-36-24)18-8-14-20-10-3-1-4-11-20)16-7-17-23-25(27-29-35)37-31-33(23)19-9-15-21-12-5-2-6-13-21/h1-6,10-13H,7-9,14-19H2. The third kappa shape index (κ3) is 7.26. The van der Waals surface area contributed by atoms with E-state index in [1.807, 2.05) is 36.4 Å². The van der Waals surface area contributed by atoms with Gasteiger partial charge in [0.05, 0.1) is 0 Å². The summed E-state index contributed by atoms with van der Waals surface area (Å²) in [6.45, 7) is 1.20. The van der Waals surface area contributed by atoms with Crippen molar-refractivity contribution < 1.29 is 18.4 Å². The van der Waals surface area contributed by atoms with E-state index in [0.29, 0.717) is 43.7 Å². The largest absolute Gasteiger partial charge is 0.775 e. The van der Waals surface area contributed by atoms with E-state index in [2.05, 4.69) is 55.6 Å². The number of benzene rings is 2. The van der Waals surface area contributed by atoms with Gasteiger partial charge in [0.1, 0.15) is 0 Å². The molecule has 0 fully saturated rings. The van der Waals surface area contributed by atoms with Crippen molar-refractivity contribution in [2.24, 2.45) is 20.8 Å². The minimum absolute atomic E-state index is 0.0928. The second-order valence-corrected chi connectivity index (χ2v) is 8.49. The molecule has 0 aliphatic carbocycles. The van der Waals surface area contributed by atoms with Gasteiger partial charge in [0, 0.05) is 25.7 Å². The maximum absolute atomic E-state index is 10.8. The summed E-state index contributed by atoms with van der Waals surface area (Å²) in [6, 6.07) is 20.3. The van der Waals surface area contributed by atoms with Crippen molar-refractivity contribution in [1.29, 1.82) is 0 Å². The van der Waals surface area contributed by atoms with Crippen molar-refractivity contribution in [2.75, 3.05) is 0 Å². The van der Waals surface area contributed by atoms with Gasteiger partial charge < -0.3 is 10.4 Å². The van der Waals surface area contributed by atoms with Crippen LogP contribution in [0.1, 0.15) is 41.8 Å². The topological polar surface area (TPSA) is 155 Å². The predicted molar refractivity (Wildman–Crippen MR) is 131 cm³/mol. The van der Waals surface area contributed by atoms with Crippen LogP contribution in [0, 0.1) is 10.4 Å². The lowest BCUT2D eigenvalue weighted by atomic mass is 10.1. The zero-order valence-corrected chi connectivity index (χ0v) is 20.3. The smallest absolute Gasteiger partial charge is 0.342 e. The van der Waals surface area contributed by atoms with Crippen LogP contribution < -0.4 is 9.36 Å². The van der Waals surface area contributed by atoms with Gasteiger partial charge in [-0.15, -0.1) is 10.2 Å². The molecule has 0 atom stereocenters. The van der Waals surface area contributed by atoms with Gasteiger partial charge in [-0.05, 0) is 39.8 Å². The fourth-order valence-electron chi connectivity index (χ4n) is 4.23. The molecule has 0 spiro atoms. The Balaban J connectivity index is 1.38. The van der Waals surface area contributed by atoms with Gasteiger partial charge in [-0.2, -0.15) is 0 Å². The lowest BCUT2D eigenvalue weighted by Gasteiger charge is -1.99. The van der Waals surface area contributed by atoms with E-state index in [4.69, 9.17) is 9.05 Å². The average Bonchev–Trinajstić information content (AvgIpc) is 3.49. The number of rotatable bonds is 14. The zero-order valence-electron chi connectivity index (χ0n) is 20.3. The van der Waals surface area contributed by atoms with Crippen LogP contribution in [0.15, 0.2) is 90.5 Å². The Morgan fingerprint density at radius 1 is 0.595 bits per heavy atom. The lowest BCUT2D eigenvalue weighted by Crippen LogP contribution is -2.40. The molecule has 37 heavy (non-hydrogen) atoms. The molecule has 0 N–H and O–H groups in total. The van der Waals surface area contributed by atoms with Crippen LogP contribution in [-0.4, -0.2) is 10.5 Å². The van der Waals surface area contributed by atoms with Crippen molar-refractivity contribution in [3.8, 4) is 0 Å². The van der Waals surface area contributed by atoms with Gasteiger partial charge in [0.2, 0.25) is 10.5 Å².